The lowest BCUT2D eigenvalue weighted by Gasteiger charge is -2.15. The van der Waals surface area contributed by atoms with Crippen LogP contribution in [0.15, 0.2) is 24.3 Å². The van der Waals surface area contributed by atoms with Crippen molar-refractivity contribution in [2.45, 2.75) is 40.0 Å². The molecule has 0 unspecified atom stereocenters. The number of nitrogens with zero attached hydrogens (tertiary/aromatic N) is 2. The topological polar surface area (TPSA) is 63.8 Å². The Morgan fingerprint density at radius 1 is 1.15 bits per heavy atom. The third kappa shape index (κ3) is 2.80. The Hall–Kier alpha value is -1.94. The quantitative estimate of drug-likeness (QED) is 0.660. The molecule has 0 saturated carbocycles. The van der Waals surface area contributed by atoms with Gasteiger partial charge in [-0.1, -0.05) is 45.0 Å². The van der Waals surface area contributed by atoms with Gasteiger partial charge in [-0.25, -0.2) is 15.8 Å². The van der Waals surface area contributed by atoms with E-state index in [1.54, 1.807) is 0 Å². The third-order valence-electron chi connectivity index (χ3n) is 3.47. The van der Waals surface area contributed by atoms with E-state index in [0.29, 0.717) is 17.6 Å². The Morgan fingerprint density at radius 2 is 1.80 bits per heavy atom. The first-order chi connectivity index (χ1) is 9.56. The van der Waals surface area contributed by atoms with E-state index in [1.807, 2.05) is 6.92 Å². The average Bonchev–Trinajstić information content (AvgIpc) is 2.46. The summed E-state index contributed by atoms with van der Waals surface area (Å²) in [6, 6.07) is 8.34. The van der Waals surface area contributed by atoms with Crippen molar-refractivity contribution in [2.75, 3.05) is 5.43 Å². The van der Waals surface area contributed by atoms with E-state index < -0.39 is 0 Å². The molecule has 2 rings (SSSR count). The van der Waals surface area contributed by atoms with Gasteiger partial charge in [-0.15, -0.1) is 0 Å². The Kier molecular flexibility index (Phi) is 4.35. The zero-order chi connectivity index (χ0) is 14.7. The monoisotopic (exact) mass is 270 g/mol. The highest BCUT2D eigenvalue weighted by Gasteiger charge is 2.14. The zero-order valence-corrected chi connectivity index (χ0v) is 12.6. The molecule has 2 aromatic rings. The normalized spacial score (nSPS) is 10.9. The molecule has 1 heterocycles. The Balaban J connectivity index is 2.49. The first-order valence-electron chi connectivity index (χ1n) is 7.01. The number of hydrazine groups is 1. The van der Waals surface area contributed by atoms with Gasteiger partial charge < -0.3 is 5.43 Å². The van der Waals surface area contributed by atoms with Crippen LogP contribution in [-0.2, 0) is 6.42 Å². The summed E-state index contributed by atoms with van der Waals surface area (Å²) in [6.45, 7) is 8.37. The molecule has 4 nitrogen and oxygen atoms in total. The van der Waals surface area contributed by atoms with Gasteiger partial charge in [-0.05, 0) is 24.8 Å². The number of anilines is 1. The highest BCUT2D eigenvalue weighted by atomic mass is 15.3. The average molecular weight is 270 g/mol. The highest BCUT2D eigenvalue weighted by molar-refractivity contribution is 5.60. The zero-order valence-electron chi connectivity index (χ0n) is 12.6. The smallest absolute Gasteiger partial charge is 0.161 e. The van der Waals surface area contributed by atoms with Crippen molar-refractivity contribution < 1.29 is 0 Å². The number of nitrogens with two attached hydrogens (primary N) is 1. The second kappa shape index (κ2) is 6.01. The standard InChI is InChI=1S/C16H22N4/c1-5-12-6-8-13(9-7-12)15-18-11(4)14(10(2)3)16(19-15)20-17/h6-10H,5,17H2,1-4H3,(H,18,19,20). The molecular weight excluding hydrogens is 248 g/mol. The molecular formula is C16H22N4. The second-order valence-corrected chi connectivity index (χ2v) is 5.24. The van der Waals surface area contributed by atoms with Crippen LogP contribution in [-0.4, -0.2) is 9.97 Å². The second-order valence-electron chi connectivity index (χ2n) is 5.24. The predicted molar refractivity (Wildman–Crippen MR) is 83.5 cm³/mol. The van der Waals surface area contributed by atoms with Crippen LogP contribution in [0.25, 0.3) is 11.4 Å². The number of aryl methyl sites for hydroxylation is 2. The van der Waals surface area contributed by atoms with Gasteiger partial charge in [-0.3, -0.25) is 0 Å². The summed E-state index contributed by atoms with van der Waals surface area (Å²) >= 11 is 0. The molecule has 3 N–H and O–H groups in total. The molecule has 1 aromatic carbocycles. The van der Waals surface area contributed by atoms with Crippen LogP contribution in [0.4, 0.5) is 5.82 Å². The molecule has 0 radical (unpaired) electrons. The molecule has 4 heteroatoms. The van der Waals surface area contributed by atoms with Gasteiger partial charge >= 0.3 is 0 Å². The largest absolute Gasteiger partial charge is 0.308 e. The predicted octanol–water partition coefficient (Wildman–Crippen LogP) is 3.42. The lowest BCUT2D eigenvalue weighted by molar-refractivity contribution is 0.832. The lowest BCUT2D eigenvalue weighted by Crippen LogP contribution is -2.14. The van der Waals surface area contributed by atoms with Crippen LogP contribution in [0.1, 0.15) is 43.5 Å². The van der Waals surface area contributed by atoms with Crippen molar-refractivity contribution in [2.24, 2.45) is 5.84 Å². The maximum absolute atomic E-state index is 5.61. The first-order valence-corrected chi connectivity index (χ1v) is 7.01. The minimum absolute atomic E-state index is 0.331. The highest BCUT2D eigenvalue weighted by Crippen LogP contribution is 2.27. The molecule has 0 spiro atoms. The summed E-state index contributed by atoms with van der Waals surface area (Å²) in [5.41, 5.74) is 7.06. The molecule has 0 aliphatic rings. The molecule has 1 aromatic heterocycles. The summed E-state index contributed by atoms with van der Waals surface area (Å²) in [4.78, 5) is 9.17. The van der Waals surface area contributed by atoms with Crippen molar-refractivity contribution in [1.82, 2.24) is 9.97 Å². The van der Waals surface area contributed by atoms with Gasteiger partial charge in [0.2, 0.25) is 0 Å². The molecule has 0 atom stereocenters. The molecule has 0 aliphatic carbocycles. The van der Waals surface area contributed by atoms with Crippen LogP contribution >= 0.6 is 0 Å². The molecule has 0 aliphatic heterocycles. The van der Waals surface area contributed by atoms with E-state index in [4.69, 9.17) is 5.84 Å². The fourth-order valence-corrected chi connectivity index (χ4v) is 2.40. The van der Waals surface area contributed by atoms with Crippen LogP contribution < -0.4 is 11.3 Å². The molecule has 0 bridgehead atoms. The third-order valence-corrected chi connectivity index (χ3v) is 3.47. The SMILES string of the molecule is CCc1ccc(-c2nc(C)c(C(C)C)c(NN)n2)cc1. The van der Waals surface area contributed by atoms with Gasteiger partial charge in [0.25, 0.3) is 0 Å². The minimum Gasteiger partial charge on any atom is -0.308 e. The number of rotatable bonds is 4. The van der Waals surface area contributed by atoms with E-state index in [2.05, 4.69) is 60.4 Å². The number of hydrogen-bond acceptors (Lipinski definition) is 4. The van der Waals surface area contributed by atoms with Gasteiger partial charge in [0.05, 0.1) is 0 Å². The maximum atomic E-state index is 5.61. The van der Waals surface area contributed by atoms with Crippen LogP contribution in [0, 0.1) is 6.92 Å². The van der Waals surface area contributed by atoms with Crippen molar-refractivity contribution in [3.63, 3.8) is 0 Å². The molecule has 0 amide bonds. The lowest BCUT2D eigenvalue weighted by atomic mass is 10.0. The molecule has 106 valence electrons. The van der Waals surface area contributed by atoms with Crippen LogP contribution in [0.3, 0.4) is 0 Å². The molecule has 0 fully saturated rings. The fraction of sp³-hybridized carbons (Fsp3) is 0.375. The summed E-state index contributed by atoms with van der Waals surface area (Å²) in [5.74, 6) is 7.36. The van der Waals surface area contributed by atoms with Crippen LogP contribution in [0.5, 0.6) is 0 Å². The van der Waals surface area contributed by atoms with E-state index in [9.17, 15) is 0 Å². The molecule has 0 saturated heterocycles. The number of nitrogens with one attached hydrogen (secondary N) is 1. The summed E-state index contributed by atoms with van der Waals surface area (Å²) < 4.78 is 0. The van der Waals surface area contributed by atoms with Gasteiger partial charge in [0.15, 0.2) is 5.82 Å². The van der Waals surface area contributed by atoms with E-state index in [0.717, 1.165) is 23.2 Å². The first kappa shape index (κ1) is 14.5. The number of benzene rings is 1. The summed E-state index contributed by atoms with van der Waals surface area (Å²) in [5, 5.41) is 0. The maximum Gasteiger partial charge on any atom is 0.161 e. The fourth-order valence-electron chi connectivity index (χ4n) is 2.40. The van der Waals surface area contributed by atoms with Crippen molar-refractivity contribution in [3.8, 4) is 11.4 Å². The Labute approximate surface area is 120 Å². The van der Waals surface area contributed by atoms with Gasteiger partial charge in [0.1, 0.15) is 5.82 Å². The Bertz CT molecular complexity index is 588. The van der Waals surface area contributed by atoms with Crippen molar-refractivity contribution in [3.05, 3.63) is 41.1 Å². The van der Waals surface area contributed by atoms with Crippen LogP contribution in [0.2, 0.25) is 0 Å². The van der Waals surface area contributed by atoms with Gasteiger partial charge in [-0.2, -0.15) is 0 Å². The van der Waals surface area contributed by atoms with E-state index in [1.165, 1.54) is 5.56 Å². The number of hydrogen-bond donors (Lipinski definition) is 2. The van der Waals surface area contributed by atoms with E-state index in [-0.39, 0.29) is 0 Å². The van der Waals surface area contributed by atoms with Crippen molar-refractivity contribution in [1.29, 1.82) is 0 Å². The molecule has 20 heavy (non-hydrogen) atoms. The summed E-state index contributed by atoms with van der Waals surface area (Å²) in [6.07, 6.45) is 1.03. The minimum atomic E-state index is 0.331. The number of nitrogen functional groups attached to an aromatic ring is 1. The number of aromatic nitrogens is 2. The Morgan fingerprint density at radius 3 is 2.30 bits per heavy atom. The van der Waals surface area contributed by atoms with Crippen molar-refractivity contribution >= 4 is 5.82 Å². The summed E-state index contributed by atoms with van der Waals surface area (Å²) in [7, 11) is 0. The van der Waals surface area contributed by atoms with Gasteiger partial charge in [0, 0.05) is 16.8 Å². The van der Waals surface area contributed by atoms with E-state index >= 15 is 0 Å².